The van der Waals surface area contributed by atoms with E-state index in [1.54, 1.807) is 24.3 Å². The van der Waals surface area contributed by atoms with E-state index in [0.717, 1.165) is 0 Å². The zero-order valence-corrected chi connectivity index (χ0v) is 12.3. The summed E-state index contributed by atoms with van der Waals surface area (Å²) in [7, 11) is -4.67. The highest BCUT2D eigenvalue weighted by Gasteiger charge is 1.89. The molecule has 19 heavy (non-hydrogen) atoms. The lowest BCUT2D eigenvalue weighted by Gasteiger charge is -2.13. The minimum atomic E-state index is -4.67. The van der Waals surface area contributed by atoms with Gasteiger partial charge in [-0.1, -0.05) is 39.0 Å². The Hall–Kier alpha value is -1.15. The van der Waals surface area contributed by atoms with E-state index < -0.39 is 10.4 Å². The molecule has 0 saturated heterocycles. The van der Waals surface area contributed by atoms with Crippen molar-refractivity contribution in [1.82, 2.24) is 4.90 Å². The molecule has 0 radical (unpaired) electrons. The number of rotatable bonds is 3. The summed E-state index contributed by atoms with van der Waals surface area (Å²) in [4.78, 5) is 2.38. The van der Waals surface area contributed by atoms with E-state index in [0.29, 0.717) is 5.75 Å². The number of phenols is 1. The second-order valence-corrected chi connectivity index (χ2v) is 4.30. The molecule has 0 aliphatic rings. The van der Waals surface area contributed by atoms with Crippen molar-refractivity contribution >= 4 is 10.4 Å². The zero-order valence-electron chi connectivity index (χ0n) is 11.5. The number of benzene rings is 1. The topological polar surface area (TPSA) is 98.1 Å². The molecular weight excluding hydrogens is 270 g/mol. The Morgan fingerprint density at radius 2 is 1.26 bits per heavy atom. The van der Waals surface area contributed by atoms with Crippen LogP contribution in [-0.4, -0.2) is 47.2 Å². The van der Waals surface area contributed by atoms with E-state index in [1.165, 1.54) is 19.6 Å². The predicted molar refractivity (Wildman–Crippen MR) is 75.7 cm³/mol. The third-order valence-electron chi connectivity index (χ3n) is 2.10. The summed E-state index contributed by atoms with van der Waals surface area (Å²) in [6.07, 6.45) is 0. The van der Waals surface area contributed by atoms with Gasteiger partial charge in [0.25, 0.3) is 0 Å². The van der Waals surface area contributed by atoms with E-state index in [1.807, 2.05) is 6.07 Å². The summed E-state index contributed by atoms with van der Waals surface area (Å²) in [5.41, 5.74) is 0. The molecule has 3 N–H and O–H groups in total. The normalized spacial score (nSPS) is 10.0. The van der Waals surface area contributed by atoms with Crippen LogP contribution in [0.25, 0.3) is 0 Å². The van der Waals surface area contributed by atoms with Crippen LogP contribution < -0.4 is 0 Å². The van der Waals surface area contributed by atoms with Gasteiger partial charge in [-0.25, -0.2) is 0 Å². The standard InChI is InChI=1S/C6H15N.C6H6O.H2O4S/c1-4-7(5-2)6-3;7-6-4-2-1-3-5-6;1-5(2,3)4/h4-6H2,1-3H3;1-5,7H;(H2,1,2,3,4). The molecule has 0 heterocycles. The molecular formula is C12H23NO5S. The minimum absolute atomic E-state index is 0.322. The molecule has 1 aromatic carbocycles. The first kappa shape index (κ1) is 20.2. The van der Waals surface area contributed by atoms with Crippen molar-refractivity contribution in [2.75, 3.05) is 19.6 Å². The second-order valence-electron chi connectivity index (χ2n) is 3.40. The van der Waals surface area contributed by atoms with Gasteiger partial charge >= 0.3 is 10.4 Å². The zero-order chi connectivity index (χ0) is 15.3. The highest BCUT2D eigenvalue weighted by Crippen LogP contribution is 2.02. The first-order valence-corrected chi connectivity index (χ1v) is 7.30. The van der Waals surface area contributed by atoms with Crippen LogP contribution in [-0.2, 0) is 10.4 Å². The number of aromatic hydroxyl groups is 1. The highest BCUT2D eigenvalue weighted by atomic mass is 32.3. The molecule has 1 aromatic rings. The van der Waals surface area contributed by atoms with Gasteiger partial charge in [0.1, 0.15) is 5.75 Å². The maximum atomic E-state index is 8.74. The van der Waals surface area contributed by atoms with Gasteiger partial charge in [0, 0.05) is 0 Å². The third kappa shape index (κ3) is 22.5. The Morgan fingerprint density at radius 1 is 0.947 bits per heavy atom. The van der Waals surface area contributed by atoms with Crippen LogP contribution in [0, 0.1) is 0 Å². The second kappa shape index (κ2) is 11.9. The van der Waals surface area contributed by atoms with Crippen molar-refractivity contribution in [3.63, 3.8) is 0 Å². The average molecular weight is 293 g/mol. The average Bonchev–Trinajstić information content (AvgIpc) is 2.31. The highest BCUT2D eigenvalue weighted by molar-refractivity contribution is 7.79. The van der Waals surface area contributed by atoms with Crippen LogP contribution in [0.2, 0.25) is 0 Å². The van der Waals surface area contributed by atoms with Crippen LogP contribution in [0.3, 0.4) is 0 Å². The largest absolute Gasteiger partial charge is 0.508 e. The van der Waals surface area contributed by atoms with E-state index in [-0.39, 0.29) is 0 Å². The molecule has 0 aliphatic carbocycles. The summed E-state index contributed by atoms with van der Waals surface area (Å²) in [5.74, 6) is 0.322. The number of nitrogens with zero attached hydrogens (tertiary/aromatic N) is 1. The van der Waals surface area contributed by atoms with E-state index >= 15 is 0 Å². The molecule has 112 valence electrons. The number of para-hydroxylation sites is 1. The first-order valence-electron chi connectivity index (χ1n) is 5.90. The Bertz CT molecular complexity index is 376. The van der Waals surface area contributed by atoms with E-state index in [9.17, 15) is 0 Å². The van der Waals surface area contributed by atoms with Crippen LogP contribution in [0.5, 0.6) is 5.75 Å². The van der Waals surface area contributed by atoms with Crippen molar-refractivity contribution in [3.05, 3.63) is 30.3 Å². The summed E-state index contributed by atoms with van der Waals surface area (Å²) >= 11 is 0. The fraction of sp³-hybridized carbons (Fsp3) is 0.500. The molecule has 0 amide bonds. The molecule has 0 spiro atoms. The molecule has 0 aromatic heterocycles. The molecule has 0 saturated carbocycles. The van der Waals surface area contributed by atoms with Crippen LogP contribution in [0.15, 0.2) is 30.3 Å². The van der Waals surface area contributed by atoms with Crippen molar-refractivity contribution < 1.29 is 22.6 Å². The fourth-order valence-corrected chi connectivity index (χ4v) is 1.10. The molecule has 7 heteroatoms. The lowest BCUT2D eigenvalue weighted by atomic mass is 10.3. The lowest BCUT2D eigenvalue weighted by molar-refractivity contribution is 0.321. The maximum absolute atomic E-state index is 8.74. The molecule has 0 atom stereocenters. The molecule has 0 unspecified atom stereocenters. The smallest absolute Gasteiger partial charge is 0.394 e. The summed E-state index contributed by atoms with van der Waals surface area (Å²) in [5, 5.41) is 8.63. The fourth-order valence-electron chi connectivity index (χ4n) is 1.10. The Kier molecular flexibility index (Phi) is 12.6. The Labute approximate surface area is 115 Å². The van der Waals surface area contributed by atoms with Gasteiger partial charge in [0.2, 0.25) is 0 Å². The van der Waals surface area contributed by atoms with Gasteiger partial charge in [-0.05, 0) is 31.8 Å². The molecule has 0 fully saturated rings. The van der Waals surface area contributed by atoms with Crippen molar-refractivity contribution in [2.24, 2.45) is 0 Å². The summed E-state index contributed by atoms with van der Waals surface area (Å²) < 4.78 is 31.6. The van der Waals surface area contributed by atoms with Gasteiger partial charge in [-0.3, -0.25) is 9.11 Å². The monoisotopic (exact) mass is 293 g/mol. The molecule has 0 bridgehead atoms. The van der Waals surface area contributed by atoms with Crippen molar-refractivity contribution in [2.45, 2.75) is 20.8 Å². The predicted octanol–water partition coefficient (Wildman–Crippen LogP) is 2.09. The molecule has 1 rings (SSSR count). The van der Waals surface area contributed by atoms with Gasteiger partial charge in [0.15, 0.2) is 0 Å². The Balaban J connectivity index is 0. The van der Waals surface area contributed by atoms with Gasteiger partial charge in [0.05, 0.1) is 0 Å². The van der Waals surface area contributed by atoms with Crippen LogP contribution in [0.1, 0.15) is 20.8 Å². The van der Waals surface area contributed by atoms with Crippen LogP contribution >= 0.6 is 0 Å². The summed E-state index contributed by atoms with van der Waals surface area (Å²) in [6, 6.07) is 8.71. The third-order valence-corrected chi connectivity index (χ3v) is 2.10. The lowest BCUT2D eigenvalue weighted by Crippen LogP contribution is -2.21. The van der Waals surface area contributed by atoms with E-state index in [4.69, 9.17) is 22.6 Å². The SMILES string of the molecule is CCN(CC)CC.O=S(=O)(O)O.Oc1ccccc1. The number of phenolic OH excluding ortho intramolecular Hbond substituents is 1. The van der Waals surface area contributed by atoms with Gasteiger partial charge in [-0.2, -0.15) is 8.42 Å². The van der Waals surface area contributed by atoms with Gasteiger partial charge < -0.3 is 10.0 Å². The van der Waals surface area contributed by atoms with Gasteiger partial charge in [-0.15, -0.1) is 0 Å². The quantitative estimate of drug-likeness (QED) is 0.738. The Morgan fingerprint density at radius 3 is 1.37 bits per heavy atom. The number of hydrogen-bond donors (Lipinski definition) is 3. The van der Waals surface area contributed by atoms with Crippen LogP contribution in [0.4, 0.5) is 0 Å². The molecule has 6 nitrogen and oxygen atoms in total. The first-order chi connectivity index (χ1) is 8.74. The molecule has 0 aliphatic heterocycles. The maximum Gasteiger partial charge on any atom is 0.394 e. The van der Waals surface area contributed by atoms with Crippen molar-refractivity contribution in [1.29, 1.82) is 0 Å². The number of hydrogen-bond acceptors (Lipinski definition) is 4. The van der Waals surface area contributed by atoms with Crippen molar-refractivity contribution in [3.8, 4) is 5.75 Å². The summed E-state index contributed by atoms with van der Waals surface area (Å²) in [6.45, 7) is 10.1. The van der Waals surface area contributed by atoms with E-state index in [2.05, 4.69) is 25.7 Å². The minimum Gasteiger partial charge on any atom is -0.508 e.